The molecule has 0 aliphatic heterocycles. The zero-order valence-electron chi connectivity index (χ0n) is 13.5. The summed E-state index contributed by atoms with van der Waals surface area (Å²) in [6.07, 6.45) is 3.60. The van der Waals surface area contributed by atoms with Gasteiger partial charge in [-0.2, -0.15) is 0 Å². The summed E-state index contributed by atoms with van der Waals surface area (Å²) in [6.45, 7) is 0. The van der Waals surface area contributed by atoms with Crippen molar-refractivity contribution in [2.45, 2.75) is 0 Å². The molecule has 2 aromatic heterocycles. The molecule has 2 aromatic carbocycles. The predicted molar refractivity (Wildman–Crippen MR) is 96.4 cm³/mol. The number of imidazole rings is 1. The lowest BCUT2D eigenvalue weighted by Crippen LogP contribution is -1.97. The first-order valence-electron chi connectivity index (χ1n) is 7.78. The van der Waals surface area contributed by atoms with Crippen LogP contribution < -0.4 is 10.1 Å². The minimum absolute atomic E-state index is 0.193. The van der Waals surface area contributed by atoms with E-state index in [0.717, 1.165) is 22.8 Å². The van der Waals surface area contributed by atoms with Crippen LogP contribution in [0.3, 0.4) is 0 Å². The Morgan fingerprint density at radius 1 is 1.08 bits per heavy atom. The van der Waals surface area contributed by atoms with Gasteiger partial charge in [0.2, 0.25) is 5.78 Å². The lowest BCUT2D eigenvalue weighted by atomic mass is 10.1. The SMILES string of the molecule is COc1ccc(Nc2c(-c3cccc(O)c3)nc3ncccn23)cc1. The zero-order chi connectivity index (χ0) is 17.2. The van der Waals surface area contributed by atoms with E-state index >= 15 is 0 Å². The summed E-state index contributed by atoms with van der Waals surface area (Å²) in [7, 11) is 1.64. The van der Waals surface area contributed by atoms with Gasteiger partial charge in [-0.15, -0.1) is 0 Å². The highest BCUT2D eigenvalue weighted by Crippen LogP contribution is 2.32. The molecule has 0 amide bonds. The molecule has 4 aromatic rings. The van der Waals surface area contributed by atoms with Crippen molar-refractivity contribution in [3.63, 3.8) is 0 Å². The van der Waals surface area contributed by atoms with E-state index in [1.54, 1.807) is 31.5 Å². The lowest BCUT2D eigenvalue weighted by molar-refractivity contribution is 0.415. The molecular weight excluding hydrogens is 316 g/mol. The second kappa shape index (κ2) is 6.16. The molecular formula is C19H16N4O2. The minimum Gasteiger partial charge on any atom is -0.508 e. The maximum absolute atomic E-state index is 9.80. The van der Waals surface area contributed by atoms with Gasteiger partial charge in [0.25, 0.3) is 0 Å². The van der Waals surface area contributed by atoms with Crippen LogP contribution in [-0.2, 0) is 0 Å². The summed E-state index contributed by atoms with van der Waals surface area (Å²) in [5.74, 6) is 2.34. The first-order chi connectivity index (χ1) is 12.2. The van der Waals surface area contributed by atoms with Gasteiger partial charge in [-0.05, 0) is 42.5 Å². The van der Waals surface area contributed by atoms with E-state index in [1.807, 2.05) is 47.0 Å². The average Bonchev–Trinajstić information content (AvgIpc) is 3.01. The number of hydrogen-bond acceptors (Lipinski definition) is 5. The summed E-state index contributed by atoms with van der Waals surface area (Å²) in [5.41, 5.74) is 2.42. The molecule has 0 bridgehead atoms. The van der Waals surface area contributed by atoms with Gasteiger partial charge in [0.1, 0.15) is 23.0 Å². The van der Waals surface area contributed by atoms with Crippen LogP contribution in [0.2, 0.25) is 0 Å². The van der Waals surface area contributed by atoms with Crippen molar-refractivity contribution < 1.29 is 9.84 Å². The Labute approximate surface area is 144 Å². The van der Waals surface area contributed by atoms with Crippen molar-refractivity contribution in [2.75, 3.05) is 12.4 Å². The summed E-state index contributed by atoms with van der Waals surface area (Å²) in [5, 5.41) is 13.2. The fraction of sp³-hybridized carbons (Fsp3) is 0.0526. The third-order valence-electron chi connectivity index (χ3n) is 3.88. The number of fused-ring (bicyclic) bond motifs is 1. The molecule has 2 heterocycles. The van der Waals surface area contributed by atoms with Crippen LogP contribution in [0, 0.1) is 0 Å². The highest BCUT2D eigenvalue weighted by molar-refractivity contribution is 5.79. The van der Waals surface area contributed by atoms with Gasteiger partial charge in [-0.3, -0.25) is 4.40 Å². The number of nitrogens with one attached hydrogen (secondary N) is 1. The molecule has 0 aliphatic carbocycles. The van der Waals surface area contributed by atoms with E-state index in [9.17, 15) is 5.11 Å². The predicted octanol–water partition coefficient (Wildman–Crippen LogP) is 3.85. The third-order valence-corrected chi connectivity index (χ3v) is 3.88. The Kier molecular flexibility index (Phi) is 3.70. The molecule has 6 nitrogen and oxygen atoms in total. The molecule has 124 valence electrons. The van der Waals surface area contributed by atoms with E-state index in [1.165, 1.54) is 0 Å². The average molecular weight is 332 g/mol. The van der Waals surface area contributed by atoms with E-state index in [0.29, 0.717) is 11.5 Å². The van der Waals surface area contributed by atoms with Crippen molar-refractivity contribution in [1.82, 2.24) is 14.4 Å². The minimum atomic E-state index is 0.193. The molecule has 0 saturated carbocycles. The van der Waals surface area contributed by atoms with Crippen molar-refractivity contribution in [3.05, 3.63) is 67.0 Å². The number of rotatable bonds is 4. The molecule has 25 heavy (non-hydrogen) atoms. The number of phenolic OH excluding ortho intramolecular Hbond substituents is 1. The van der Waals surface area contributed by atoms with Crippen molar-refractivity contribution in [1.29, 1.82) is 0 Å². The van der Waals surface area contributed by atoms with Gasteiger partial charge in [-0.25, -0.2) is 9.97 Å². The number of phenols is 1. The topological polar surface area (TPSA) is 71.7 Å². The third kappa shape index (κ3) is 2.85. The number of hydrogen-bond donors (Lipinski definition) is 2. The lowest BCUT2D eigenvalue weighted by Gasteiger charge is -2.09. The second-order valence-corrected chi connectivity index (χ2v) is 5.50. The second-order valence-electron chi connectivity index (χ2n) is 5.50. The first kappa shape index (κ1) is 15.0. The van der Waals surface area contributed by atoms with Crippen LogP contribution in [0.4, 0.5) is 11.5 Å². The molecule has 0 unspecified atom stereocenters. The fourth-order valence-electron chi connectivity index (χ4n) is 2.67. The molecule has 6 heteroatoms. The molecule has 0 atom stereocenters. The van der Waals surface area contributed by atoms with E-state index in [2.05, 4.69) is 15.3 Å². The van der Waals surface area contributed by atoms with Crippen LogP contribution >= 0.6 is 0 Å². The smallest absolute Gasteiger partial charge is 0.235 e. The standard InChI is InChI=1S/C19H16N4O2/c1-25-16-8-6-14(7-9-16)21-18-17(13-4-2-5-15(24)12-13)22-19-20-10-3-11-23(18)19/h2-12,21,24H,1H3. The molecule has 0 spiro atoms. The number of methoxy groups -OCH3 is 1. The summed E-state index contributed by atoms with van der Waals surface area (Å²) < 4.78 is 7.08. The molecule has 0 radical (unpaired) electrons. The molecule has 4 rings (SSSR count). The normalized spacial score (nSPS) is 10.8. The Bertz CT molecular complexity index is 1030. The quantitative estimate of drug-likeness (QED) is 0.594. The Morgan fingerprint density at radius 3 is 2.68 bits per heavy atom. The number of nitrogens with zero attached hydrogens (tertiary/aromatic N) is 3. The van der Waals surface area contributed by atoms with Crippen LogP contribution in [0.5, 0.6) is 11.5 Å². The maximum atomic E-state index is 9.80. The molecule has 0 fully saturated rings. The molecule has 0 saturated heterocycles. The van der Waals surface area contributed by atoms with Gasteiger partial charge in [0.05, 0.1) is 7.11 Å². The molecule has 0 aliphatic rings. The van der Waals surface area contributed by atoms with Gasteiger partial charge < -0.3 is 15.2 Å². The van der Waals surface area contributed by atoms with Crippen molar-refractivity contribution >= 4 is 17.3 Å². The molecule has 2 N–H and O–H groups in total. The number of aromatic nitrogens is 3. The Hall–Kier alpha value is -3.54. The van der Waals surface area contributed by atoms with E-state index < -0.39 is 0 Å². The van der Waals surface area contributed by atoms with Gasteiger partial charge in [0, 0.05) is 23.6 Å². The van der Waals surface area contributed by atoms with Crippen LogP contribution in [0.15, 0.2) is 67.0 Å². The number of ether oxygens (including phenoxy) is 1. The van der Waals surface area contributed by atoms with Crippen LogP contribution in [0.25, 0.3) is 17.0 Å². The Morgan fingerprint density at radius 2 is 1.92 bits per heavy atom. The van der Waals surface area contributed by atoms with E-state index in [4.69, 9.17) is 4.74 Å². The van der Waals surface area contributed by atoms with Gasteiger partial charge >= 0.3 is 0 Å². The van der Waals surface area contributed by atoms with Crippen LogP contribution in [-0.4, -0.2) is 26.6 Å². The first-order valence-corrected chi connectivity index (χ1v) is 7.78. The summed E-state index contributed by atoms with van der Waals surface area (Å²) >= 11 is 0. The number of benzene rings is 2. The van der Waals surface area contributed by atoms with E-state index in [-0.39, 0.29) is 5.75 Å². The monoisotopic (exact) mass is 332 g/mol. The highest BCUT2D eigenvalue weighted by Gasteiger charge is 2.15. The number of anilines is 2. The zero-order valence-corrected chi connectivity index (χ0v) is 13.5. The van der Waals surface area contributed by atoms with Crippen molar-refractivity contribution in [2.24, 2.45) is 0 Å². The van der Waals surface area contributed by atoms with Gasteiger partial charge in [-0.1, -0.05) is 12.1 Å². The van der Waals surface area contributed by atoms with Gasteiger partial charge in [0.15, 0.2) is 0 Å². The Balaban J connectivity index is 1.84. The highest BCUT2D eigenvalue weighted by atomic mass is 16.5. The fourth-order valence-corrected chi connectivity index (χ4v) is 2.67. The van der Waals surface area contributed by atoms with Crippen molar-refractivity contribution in [3.8, 4) is 22.8 Å². The van der Waals surface area contributed by atoms with Crippen LogP contribution in [0.1, 0.15) is 0 Å². The number of aromatic hydroxyl groups is 1. The summed E-state index contributed by atoms with van der Waals surface area (Å²) in [4.78, 5) is 8.92. The summed E-state index contributed by atoms with van der Waals surface area (Å²) in [6, 6.07) is 16.5. The maximum Gasteiger partial charge on any atom is 0.235 e. The largest absolute Gasteiger partial charge is 0.508 e.